The monoisotopic (exact) mass is 527 g/mol. The van der Waals surface area contributed by atoms with Gasteiger partial charge in [0.1, 0.15) is 11.8 Å². The van der Waals surface area contributed by atoms with Crippen LogP contribution in [0, 0.1) is 5.92 Å². The van der Waals surface area contributed by atoms with Gasteiger partial charge in [0, 0.05) is 6.54 Å². The molecule has 3 atom stereocenters. The minimum Gasteiger partial charge on any atom is -0.410 e. The molecule has 3 aromatic rings. The van der Waals surface area contributed by atoms with Crippen LogP contribution in [0.15, 0.2) is 91.0 Å². The Morgan fingerprint density at radius 3 is 2.15 bits per heavy atom. The summed E-state index contributed by atoms with van der Waals surface area (Å²) >= 11 is 0. The van der Waals surface area contributed by atoms with Crippen LogP contribution in [-0.4, -0.2) is 45.9 Å². The summed E-state index contributed by atoms with van der Waals surface area (Å²) in [6.45, 7) is 2.72. The number of ether oxygens (including phenoxy) is 1. The van der Waals surface area contributed by atoms with E-state index in [1.54, 1.807) is 24.3 Å². The summed E-state index contributed by atoms with van der Waals surface area (Å²) in [6.07, 6.45) is 2.16. The minimum absolute atomic E-state index is 0.141. The van der Waals surface area contributed by atoms with E-state index in [-0.39, 0.29) is 5.91 Å². The zero-order chi connectivity index (χ0) is 27.2. The molecule has 0 unspecified atom stereocenters. The lowest BCUT2D eigenvalue weighted by Gasteiger charge is -2.43. The fourth-order valence-electron chi connectivity index (χ4n) is 5.82. The average Bonchev–Trinajstić information content (AvgIpc) is 3.22. The maximum Gasteiger partial charge on any atom is 0.412 e. The molecule has 5 rings (SSSR count). The molecule has 0 radical (unpaired) electrons. The van der Waals surface area contributed by atoms with Crippen LogP contribution in [-0.2, 0) is 17.8 Å². The van der Waals surface area contributed by atoms with Gasteiger partial charge < -0.3 is 20.1 Å². The first-order valence-electron chi connectivity index (χ1n) is 13.8. The smallest absolute Gasteiger partial charge is 0.410 e. The number of nitrogens with zero attached hydrogens (tertiary/aromatic N) is 1. The predicted molar refractivity (Wildman–Crippen MR) is 150 cm³/mol. The Bertz CT molecular complexity index is 1230. The normalized spacial score (nSPS) is 24.4. The number of rotatable bonds is 8. The summed E-state index contributed by atoms with van der Waals surface area (Å²) in [5, 5.41) is 18.1. The van der Waals surface area contributed by atoms with Gasteiger partial charge in [-0.05, 0) is 61.3 Å². The maximum atomic E-state index is 14.0. The van der Waals surface area contributed by atoms with Crippen molar-refractivity contribution < 1.29 is 19.4 Å². The number of amides is 2. The zero-order valence-corrected chi connectivity index (χ0v) is 22.3. The number of hydrogen-bond acceptors (Lipinski definition) is 5. The molecule has 7 nitrogen and oxygen atoms in total. The summed E-state index contributed by atoms with van der Waals surface area (Å²) in [4.78, 5) is 28.8. The molecule has 2 fully saturated rings. The lowest BCUT2D eigenvalue weighted by Crippen LogP contribution is -2.58. The largest absolute Gasteiger partial charge is 0.412 e. The summed E-state index contributed by atoms with van der Waals surface area (Å²) in [5.41, 5.74) is 1.47. The summed E-state index contributed by atoms with van der Waals surface area (Å²) < 4.78 is 5.47. The first kappa shape index (κ1) is 26.9. The summed E-state index contributed by atoms with van der Waals surface area (Å²) in [6, 6.07) is 26.8. The third kappa shape index (κ3) is 6.32. The van der Waals surface area contributed by atoms with E-state index in [1.807, 2.05) is 71.6 Å². The Hall–Kier alpha value is -3.68. The van der Waals surface area contributed by atoms with E-state index in [0.29, 0.717) is 24.6 Å². The minimum atomic E-state index is -1.17. The Kier molecular flexibility index (Phi) is 8.29. The lowest BCUT2D eigenvalue weighted by atomic mass is 9.82. The van der Waals surface area contributed by atoms with Crippen molar-refractivity contribution in [2.45, 2.75) is 69.4 Å². The standard InChI is InChI=1S/C32H37N3O4/c1-23-17-19-32(20-18-23)34-28(30(37)35(32)22-25-13-7-3-8-14-25)29(36)27(21-24-11-5-2-6-12-24)33-31(38)39-26-15-9-4-10-16-26/h2-16,23,27-29,34,36H,17-22H2,1H3,(H,33,38)/t23?,27-,28-,29+,32?/m0/s1. The number of nitrogens with one attached hydrogen (secondary N) is 2. The van der Waals surface area contributed by atoms with E-state index >= 15 is 0 Å². The molecule has 3 aromatic carbocycles. The van der Waals surface area contributed by atoms with Crippen LogP contribution in [0.4, 0.5) is 4.79 Å². The number of aliphatic hydroxyl groups excluding tert-OH is 1. The van der Waals surface area contributed by atoms with E-state index in [2.05, 4.69) is 17.6 Å². The maximum absolute atomic E-state index is 14.0. The van der Waals surface area contributed by atoms with Gasteiger partial charge in [-0.1, -0.05) is 85.8 Å². The third-order valence-electron chi connectivity index (χ3n) is 8.07. The highest BCUT2D eigenvalue weighted by Gasteiger charge is 2.54. The number of para-hydroxylation sites is 1. The molecule has 0 aromatic heterocycles. The fourth-order valence-corrected chi connectivity index (χ4v) is 5.82. The molecule has 39 heavy (non-hydrogen) atoms. The second-order valence-electron chi connectivity index (χ2n) is 10.9. The third-order valence-corrected chi connectivity index (χ3v) is 8.07. The number of benzene rings is 3. The summed E-state index contributed by atoms with van der Waals surface area (Å²) in [7, 11) is 0. The molecule has 1 saturated heterocycles. The van der Waals surface area contributed by atoms with Gasteiger partial charge in [-0.3, -0.25) is 10.1 Å². The highest BCUT2D eigenvalue weighted by atomic mass is 16.6. The molecule has 7 heteroatoms. The Morgan fingerprint density at radius 1 is 0.974 bits per heavy atom. The van der Waals surface area contributed by atoms with Gasteiger partial charge in [-0.15, -0.1) is 0 Å². The van der Waals surface area contributed by atoms with Crippen molar-refractivity contribution in [3.8, 4) is 5.75 Å². The number of carbonyl (C=O) groups is 2. The van der Waals surface area contributed by atoms with Crippen LogP contribution < -0.4 is 15.4 Å². The summed E-state index contributed by atoms with van der Waals surface area (Å²) in [5.74, 6) is 0.856. The molecule has 0 bridgehead atoms. The van der Waals surface area contributed by atoms with Gasteiger partial charge in [-0.2, -0.15) is 0 Å². The molecule has 3 N–H and O–H groups in total. The van der Waals surface area contributed by atoms with E-state index in [1.165, 1.54) is 0 Å². The van der Waals surface area contributed by atoms with Crippen molar-refractivity contribution in [2.24, 2.45) is 5.92 Å². The molecule has 204 valence electrons. The van der Waals surface area contributed by atoms with Crippen LogP contribution in [0.1, 0.15) is 43.7 Å². The van der Waals surface area contributed by atoms with Crippen molar-refractivity contribution in [3.05, 3.63) is 102 Å². The Morgan fingerprint density at radius 2 is 1.54 bits per heavy atom. The number of carbonyl (C=O) groups excluding carboxylic acids is 2. The zero-order valence-electron chi connectivity index (χ0n) is 22.3. The van der Waals surface area contributed by atoms with Crippen LogP contribution in [0.25, 0.3) is 0 Å². The second kappa shape index (κ2) is 12.0. The molecule has 1 saturated carbocycles. The van der Waals surface area contributed by atoms with Gasteiger partial charge >= 0.3 is 6.09 Å². The van der Waals surface area contributed by atoms with Crippen molar-refractivity contribution in [1.29, 1.82) is 0 Å². The van der Waals surface area contributed by atoms with Crippen molar-refractivity contribution in [2.75, 3.05) is 0 Å². The Balaban J connectivity index is 1.39. The van der Waals surface area contributed by atoms with Gasteiger partial charge in [0.25, 0.3) is 0 Å². The van der Waals surface area contributed by atoms with Crippen molar-refractivity contribution >= 4 is 12.0 Å². The molecule has 2 amide bonds. The highest BCUT2D eigenvalue weighted by Crippen LogP contribution is 2.40. The molecular weight excluding hydrogens is 490 g/mol. The van der Waals surface area contributed by atoms with Crippen molar-refractivity contribution in [1.82, 2.24) is 15.5 Å². The number of aliphatic hydroxyl groups is 1. The fraction of sp³-hybridized carbons (Fsp3) is 0.375. The van der Waals surface area contributed by atoms with E-state index < -0.39 is 29.9 Å². The van der Waals surface area contributed by atoms with Crippen LogP contribution in [0.5, 0.6) is 5.75 Å². The van der Waals surface area contributed by atoms with Crippen molar-refractivity contribution in [3.63, 3.8) is 0 Å². The average molecular weight is 528 g/mol. The molecule has 1 spiro atoms. The first-order valence-corrected chi connectivity index (χ1v) is 13.8. The van der Waals surface area contributed by atoms with E-state index in [4.69, 9.17) is 4.74 Å². The van der Waals surface area contributed by atoms with Crippen LogP contribution in [0.2, 0.25) is 0 Å². The lowest BCUT2D eigenvalue weighted by molar-refractivity contribution is -0.135. The molecule has 2 aliphatic rings. The first-order chi connectivity index (χ1) is 18.9. The number of hydrogen-bond donors (Lipinski definition) is 3. The second-order valence-corrected chi connectivity index (χ2v) is 10.9. The Labute approximate surface area is 230 Å². The quantitative estimate of drug-likeness (QED) is 0.397. The molecule has 1 aliphatic carbocycles. The topological polar surface area (TPSA) is 90.9 Å². The SMILES string of the molecule is CC1CCC2(CC1)N[C@@H]([C@H](O)[C@H](Cc1ccccc1)NC(=O)Oc1ccccc1)C(=O)N2Cc1ccccc1. The van der Waals surface area contributed by atoms with Gasteiger partial charge in [0.15, 0.2) is 0 Å². The van der Waals surface area contributed by atoms with E-state index in [9.17, 15) is 14.7 Å². The van der Waals surface area contributed by atoms with Crippen LogP contribution in [0.3, 0.4) is 0 Å². The van der Waals surface area contributed by atoms with Gasteiger partial charge in [-0.25, -0.2) is 4.79 Å². The predicted octanol–water partition coefficient (Wildman–Crippen LogP) is 4.65. The van der Waals surface area contributed by atoms with Gasteiger partial charge in [0.2, 0.25) is 5.91 Å². The van der Waals surface area contributed by atoms with E-state index in [0.717, 1.165) is 36.8 Å². The molecular formula is C32H37N3O4. The molecule has 1 heterocycles. The van der Waals surface area contributed by atoms with Gasteiger partial charge in [0.05, 0.1) is 17.8 Å². The highest BCUT2D eigenvalue weighted by molar-refractivity contribution is 5.86. The van der Waals surface area contributed by atoms with Crippen LogP contribution >= 0.6 is 0 Å². The molecule has 1 aliphatic heterocycles.